The van der Waals surface area contributed by atoms with E-state index in [1.54, 1.807) is 46.9 Å². The Balaban J connectivity index is 0.000000389. The molecule has 0 saturated carbocycles. The summed E-state index contributed by atoms with van der Waals surface area (Å²) in [5, 5.41) is 62.2. The lowest BCUT2D eigenvalue weighted by Gasteiger charge is -2.14. The van der Waals surface area contributed by atoms with E-state index in [4.69, 9.17) is 87.8 Å². The molecule has 368 valence electrons. The second-order valence-corrected chi connectivity index (χ2v) is 19.0. The first-order valence-electron chi connectivity index (χ1n) is 21.6. The fourth-order valence-corrected chi connectivity index (χ4v) is 8.62. The lowest BCUT2D eigenvalue weighted by atomic mass is 10.1. The normalized spacial score (nSPS) is 12.1. The number of nitrogens with two attached hydrogens (primary N) is 2. The molecule has 14 nitrogen and oxygen atoms in total. The first-order valence-corrected chi connectivity index (χ1v) is 24.7. The summed E-state index contributed by atoms with van der Waals surface area (Å²) < 4.78 is 11.4. The molecule has 0 spiro atoms. The molecule has 12 N–H and O–H groups in total. The van der Waals surface area contributed by atoms with Gasteiger partial charge in [-0.2, -0.15) is 0 Å². The molecule has 2 atom stereocenters. The van der Waals surface area contributed by atoms with E-state index in [1.165, 1.54) is 9.75 Å². The smallest absolute Gasteiger partial charge is 0.328 e. The highest BCUT2D eigenvalue weighted by molar-refractivity contribution is 7.12. The van der Waals surface area contributed by atoms with Crippen molar-refractivity contribution in [2.75, 3.05) is 64.1 Å². The zero-order valence-electron chi connectivity index (χ0n) is 36.9. The van der Waals surface area contributed by atoms with Gasteiger partial charge in [0.05, 0.1) is 70.1 Å². The SMILES string of the molecule is Nc1c(Cl)cc(C(O)CNCCCCCCOCCc2ccc(CO)s2)cc1Cl.Nc1c(Cl)cc(C(O)CNCCCCCCOCCc2ccc(CO)s2)cc1Cl.O=C(O)/C=C/C(=O)O. The summed E-state index contributed by atoms with van der Waals surface area (Å²) in [6.07, 6.45) is 10.3. The standard InChI is InChI=1S/2C21H30Cl2N2O3S.C4H4O4/c2*22-18-11-15(12-19(23)21(18)24)20(27)13-25-8-3-1-2-4-9-28-10-7-16-5-6-17(14-26)29-16;5-3(6)1-2-4(7)8/h2*5-6,11-12,20,25-27H,1-4,7-10,13-14,24H2;1-2H,(H,5,6)(H,7,8)/b;;2-1+. The predicted molar refractivity (Wildman–Crippen MR) is 268 cm³/mol. The lowest BCUT2D eigenvalue weighted by molar-refractivity contribution is -0.134. The Morgan fingerprint density at radius 3 is 1.21 bits per heavy atom. The molecular weight excluding hydrogens is 974 g/mol. The summed E-state index contributed by atoms with van der Waals surface area (Å²) in [7, 11) is 0. The zero-order chi connectivity index (χ0) is 48.7. The number of carboxylic acids is 2. The van der Waals surface area contributed by atoms with Crippen LogP contribution in [0.15, 0.2) is 60.7 Å². The van der Waals surface area contributed by atoms with E-state index in [1.807, 2.05) is 12.1 Å². The zero-order valence-corrected chi connectivity index (χ0v) is 41.5. The van der Waals surface area contributed by atoms with Crippen LogP contribution in [0, 0.1) is 0 Å². The number of hydrogen-bond donors (Lipinski definition) is 10. The van der Waals surface area contributed by atoms with Gasteiger partial charge in [0.15, 0.2) is 0 Å². The Bertz CT molecular complexity index is 1840. The number of carboxylic acid groups (broad SMARTS) is 2. The second-order valence-electron chi connectivity index (χ2n) is 14.9. The number of aliphatic hydroxyl groups excluding tert-OH is 4. The van der Waals surface area contributed by atoms with Gasteiger partial charge in [-0.1, -0.05) is 72.1 Å². The molecule has 0 saturated heterocycles. The molecule has 2 heterocycles. The number of benzene rings is 2. The number of anilines is 2. The largest absolute Gasteiger partial charge is 0.478 e. The first kappa shape index (κ1) is 59.1. The number of unbranched alkanes of at least 4 members (excludes halogenated alkanes) is 6. The van der Waals surface area contributed by atoms with Crippen LogP contribution >= 0.6 is 69.1 Å². The van der Waals surface area contributed by atoms with Crippen LogP contribution in [-0.4, -0.2) is 95.2 Å². The molecule has 0 amide bonds. The van der Waals surface area contributed by atoms with Crippen molar-refractivity contribution in [2.24, 2.45) is 0 Å². The number of aliphatic hydroxyl groups is 4. The molecule has 0 bridgehead atoms. The third-order valence-electron chi connectivity index (χ3n) is 9.53. The molecule has 20 heteroatoms. The maximum absolute atomic E-state index is 10.2. The molecule has 0 aliphatic rings. The van der Waals surface area contributed by atoms with Crippen LogP contribution in [0.1, 0.15) is 94.2 Å². The van der Waals surface area contributed by atoms with E-state index in [-0.39, 0.29) is 13.2 Å². The summed E-state index contributed by atoms with van der Waals surface area (Å²) in [6, 6.07) is 14.6. The van der Waals surface area contributed by atoms with Gasteiger partial charge in [0.2, 0.25) is 0 Å². The number of rotatable bonds is 30. The third kappa shape index (κ3) is 25.9. The van der Waals surface area contributed by atoms with Crippen LogP contribution in [-0.2, 0) is 45.1 Å². The Labute approximate surface area is 415 Å². The highest BCUT2D eigenvalue weighted by Gasteiger charge is 2.13. The van der Waals surface area contributed by atoms with Crippen molar-refractivity contribution in [3.05, 3.63) is 111 Å². The number of aliphatic carboxylic acids is 2. The monoisotopic (exact) mass is 1040 g/mol. The first-order chi connectivity index (χ1) is 31.6. The minimum Gasteiger partial charge on any atom is -0.478 e. The van der Waals surface area contributed by atoms with Crippen molar-refractivity contribution in [1.29, 1.82) is 0 Å². The van der Waals surface area contributed by atoms with E-state index >= 15 is 0 Å². The fourth-order valence-electron chi connectivity index (χ4n) is 5.90. The van der Waals surface area contributed by atoms with E-state index < -0.39 is 24.1 Å². The number of nitrogens with one attached hydrogen (secondary N) is 2. The van der Waals surface area contributed by atoms with Crippen molar-refractivity contribution in [2.45, 2.75) is 89.6 Å². The maximum atomic E-state index is 10.2. The van der Waals surface area contributed by atoms with Crippen LogP contribution in [0.4, 0.5) is 11.4 Å². The van der Waals surface area contributed by atoms with E-state index in [0.29, 0.717) is 67.8 Å². The quantitative estimate of drug-likeness (QED) is 0.0133. The molecular formula is C46H64Cl4N4O10S2. The average Bonchev–Trinajstić information content (AvgIpc) is 3.97. The van der Waals surface area contributed by atoms with E-state index in [2.05, 4.69) is 22.8 Å². The van der Waals surface area contributed by atoms with Gasteiger partial charge < -0.3 is 62.2 Å². The van der Waals surface area contributed by atoms with Crippen molar-refractivity contribution >= 4 is 92.4 Å². The van der Waals surface area contributed by atoms with Crippen LogP contribution in [0.3, 0.4) is 0 Å². The number of thiophene rings is 2. The predicted octanol–water partition coefficient (Wildman–Crippen LogP) is 8.86. The summed E-state index contributed by atoms with van der Waals surface area (Å²) in [5.74, 6) is -2.51. The van der Waals surface area contributed by atoms with Crippen molar-refractivity contribution in [1.82, 2.24) is 10.6 Å². The van der Waals surface area contributed by atoms with Crippen LogP contribution in [0.2, 0.25) is 20.1 Å². The van der Waals surface area contributed by atoms with Crippen molar-refractivity contribution < 1.29 is 49.7 Å². The van der Waals surface area contributed by atoms with Gasteiger partial charge in [-0.15, -0.1) is 22.7 Å². The van der Waals surface area contributed by atoms with Crippen LogP contribution in [0.25, 0.3) is 0 Å². The Morgan fingerprint density at radius 1 is 0.561 bits per heavy atom. The molecule has 2 aromatic carbocycles. The Kier molecular flexibility index (Phi) is 31.4. The van der Waals surface area contributed by atoms with Gasteiger partial charge in [-0.05, 0) is 98.4 Å². The van der Waals surface area contributed by atoms with Crippen molar-refractivity contribution in [3.8, 4) is 0 Å². The van der Waals surface area contributed by atoms with E-state index in [9.17, 15) is 19.8 Å². The van der Waals surface area contributed by atoms with E-state index in [0.717, 1.165) is 113 Å². The van der Waals surface area contributed by atoms with Crippen molar-refractivity contribution in [3.63, 3.8) is 0 Å². The molecule has 66 heavy (non-hydrogen) atoms. The summed E-state index contributed by atoms with van der Waals surface area (Å²) in [6.45, 7) is 5.83. The van der Waals surface area contributed by atoms with Gasteiger partial charge in [0.1, 0.15) is 0 Å². The molecule has 0 radical (unpaired) electrons. The molecule has 2 aromatic heterocycles. The van der Waals surface area contributed by atoms with Gasteiger partial charge in [0, 0.05) is 70.8 Å². The number of halogens is 4. The highest BCUT2D eigenvalue weighted by atomic mass is 35.5. The second kappa shape index (κ2) is 35.1. The average molecular weight is 1040 g/mol. The van der Waals surface area contributed by atoms with Crippen LogP contribution < -0.4 is 22.1 Å². The van der Waals surface area contributed by atoms with Crippen LogP contribution in [0.5, 0.6) is 0 Å². The summed E-state index contributed by atoms with van der Waals surface area (Å²) in [5.41, 5.74) is 13.4. The number of carbonyl (C=O) groups is 2. The minimum atomic E-state index is -1.26. The molecule has 4 rings (SSSR count). The number of nitrogen functional groups attached to an aromatic ring is 2. The topological polar surface area (TPSA) is 250 Å². The molecule has 0 aliphatic heterocycles. The van der Waals surface area contributed by atoms with Gasteiger partial charge in [0.25, 0.3) is 0 Å². The lowest BCUT2D eigenvalue weighted by Crippen LogP contribution is -2.22. The maximum Gasteiger partial charge on any atom is 0.328 e. The Morgan fingerprint density at radius 2 is 0.894 bits per heavy atom. The number of ether oxygens (including phenoxy) is 2. The summed E-state index contributed by atoms with van der Waals surface area (Å²) in [4.78, 5) is 23.6. The van der Waals surface area contributed by atoms with Gasteiger partial charge in [-0.3, -0.25) is 0 Å². The summed E-state index contributed by atoms with van der Waals surface area (Å²) >= 11 is 27.3. The van der Waals surface area contributed by atoms with Gasteiger partial charge in [-0.25, -0.2) is 9.59 Å². The molecule has 0 aliphatic carbocycles. The van der Waals surface area contributed by atoms with Gasteiger partial charge >= 0.3 is 11.9 Å². The molecule has 0 fully saturated rings. The third-order valence-corrected chi connectivity index (χ3v) is 13.0. The fraction of sp³-hybridized carbons (Fsp3) is 0.478. The Hall–Kier alpha value is -3.04. The molecule has 4 aromatic rings. The number of hydrogen-bond acceptors (Lipinski definition) is 14. The highest BCUT2D eigenvalue weighted by Crippen LogP contribution is 2.32. The molecule has 2 unspecified atom stereocenters. The minimum absolute atomic E-state index is 0.115.